The maximum Gasteiger partial charge on any atom is 0.260 e. The van der Waals surface area contributed by atoms with Crippen LogP contribution < -0.4 is 14.4 Å². The van der Waals surface area contributed by atoms with E-state index in [1.165, 1.54) is 0 Å². The minimum Gasteiger partial charge on any atom is -0.483 e. The van der Waals surface area contributed by atoms with Crippen molar-refractivity contribution in [3.8, 4) is 11.5 Å². The van der Waals surface area contributed by atoms with E-state index in [1.807, 2.05) is 29.3 Å². The molecule has 8 heteroatoms. The van der Waals surface area contributed by atoms with Crippen LogP contribution in [0.2, 0.25) is 0 Å². The second-order valence-corrected chi connectivity index (χ2v) is 8.88. The molecule has 5 rings (SSSR count). The summed E-state index contributed by atoms with van der Waals surface area (Å²) in [7, 11) is 0. The maximum absolute atomic E-state index is 12.9. The molecule has 0 radical (unpaired) electrons. The van der Waals surface area contributed by atoms with Crippen molar-refractivity contribution in [1.82, 2.24) is 14.9 Å². The van der Waals surface area contributed by atoms with Crippen LogP contribution in [0.4, 0.5) is 5.95 Å². The zero-order chi connectivity index (χ0) is 21.4. The molecule has 0 unspecified atom stereocenters. The van der Waals surface area contributed by atoms with E-state index in [9.17, 15) is 4.79 Å². The smallest absolute Gasteiger partial charge is 0.260 e. The van der Waals surface area contributed by atoms with Gasteiger partial charge in [-0.3, -0.25) is 4.79 Å². The molecule has 1 saturated heterocycles. The van der Waals surface area contributed by atoms with Crippen molar-refractivity contribution in [1.29, 1.82) is 0 Å². The average Bonchev–Trinajstić information content (AvgIpc) is 3.11. The number of rotatable bonds is 4. The minimum absolute atomic E-state index is 0.0169. The number of anilines is 1. The first kappa shape index (κ1) is 20.1. The molecule has 3 aliphatic rings. The normalized spacial score (nSPS) is 19.4. The van der Waals surface area contributed by atoms with Crippen LogP contribution in [0.5, 0.6) is 11.5 Å². The lowest BCUT2D eigenvalue weighted by Crippen LogP contribution is -2.40. The molecule has 0 spiro atoms. The van der Waals surface area contributed by atoms with Crippen LogP contribution in [0.25, 0.3) is 0 Å². The molecule has 8 nitrogen and oxygen atoms in total. The van der Waals surface area contributed by atoms with Crippen molar-refractivity contribution in [2.45, 2.75) is 38.8 Å². The molecule has 0 bridgehead atoms. The Kier molecular flexibility index (Phi) is 5.17. The summed E-state index contributed by atoms with van der Waals surface area (Å²) in [5, 5.41) is 0. The number of ether oxygens (including phenoxy) is 3. The van der Waals surface area contributed by atoms with E-state index in [2.05, 4.69) is 23.7 Å². The van der Waals surface area contributed by atoms with Gasteiger partial charge in [-0.05, 0) is 31.9 Å². The highest BCUT2D eigenvalue weighted by Gasteiger charge is 2.32. The monoisotopic (exact) mass is 424 g/mol. The molecule has 0 N–H and O–H groups in total. The second kappa shape index (κ2) is 8.00. The molecule has 1 aromatic carbocycles. The van der Waals surface area contributed by atoms with Crippen LogP contribution in [0.3, 0.4) is 0 Å². The van der Waals surface area contributed by atoms with E-state index in [-0.39, 0.29) is 18.1 Å². The Labute approximate surface area is 182 Å². The number of benzene rings is 1. The Morgan fingerprint density at radius 2 is 2.03 bits per heavy atom. The summed E-state index contributed by atoms with van der Waals surface area (Å²) in [6.07, 6.45) is 3.49. The van der Waals surface area contributed by atoms with Gasteiger partial charge in [0.15, 0.2) is 18.1 Å². The summed E-state index contributed by atoms with van der Waals surface area (Å²) in [6, 6.07) is 5.86. The number of carbonyl (C=O) groups is 1. The third-order valence-corrected chi connectivity index (χ3v) is 5.99. The molecular weight excluding hydrogens is 396 g/mol. The molecule has 2 aromatic rings. The van der Waals surface area contributed by atoms with Crippen molar-refractivity contribution in [3.05, 3.63) is 41.2 Å². The molecule has 3 aliphatic heterocycles. The Morgan fingerprint density at radius 1 is 1.19 bits per heavy atom. The first-order valence-electron chi connectivity index (χ1n) is 10.9. The average molecular weight is 425 g/mol. The van der Waals surface area contributed by atoms with Gasteiger partial charge in [0.1, 0.15) is 5.60 Å². The van der Waals surface area contributed by atoms with Gasteiger partial charge in [-0.15, -0.1) is 0 Å². The van der Waals surface area contributed by atoms with Gasteiger partial charge in [-0.1, -0.05) is 12.1 Å². The largest absolute Gasteiger partial charge is 0.483 e. The molecule has 0 saturated carbocycles. The van der Waals surface area contributed by atoms with Crippen LogP contribution in [0.1, 0.15) is 30.7 Å². The van der Waals surface area contributed by atoms with Gasteiger partial charge in [0.2, 0.25) is 5.95 Å². The van der Waals surface area contributed by atoms with Gasteiger partial charge in [-0.25, -0.2) is 9.97 Å². The molecule has 1 amide bonds. The standard InChI is InChI=1S/C23H28N4O4/c1-23(2)12-16-4-3-5-19(21(16)31-23)30-15-20(28)27-7-6-17-13-24-22(25-18(17)14-27)26-8-10-29-11-9-26/h3-5,13H,6-12,14-15H2,1-2H3. The molecule has 0 aliphatic carbocycles. The summed E-state index contributed by atoms with van der Waals surface area (Å²) in [4.78, 5) is 26.1. The van der Waals surface area contributed by atoms with Crippen LogP contribution in [0.15, 0.2) is 24.4 Å². The zero-order valence-electron chi connectivity index (χ0n) is 18.1. The fourth-order valence-corrected chi connectivity index (χ4v) is 4.35. The van der Waals surface area contributed by atoms with Crippen LogP contribution in [-0.2, 0) is 28.9 Å². The maximum atomic E-state index is 12.9. The van der Waals surface area contributed by atoms with Gasteiger partial charge in [0, 0.05) is 37.8 Å². The topological polar surface area (TPSA) is 77.0 Å². The summed E-state index contributed by atoms with van der Waals surface area (Å²) in [5.74, 6) is 2.05. The number of morpholine rings is 1. The lowest BCUT2D eigenvalue weighted by atomic mass is 10.0. The van der Waals surface area contributed by atoms with Crippen LogP contribution in [-0.4, -0.2) is 65.8 Å². The number of carbonyl (C=O) groups excluding carboxylic acids is 1. The van der Waals surface area contributed by atoms with Crippen molar-refractivity contribution in [2.75, 3.05) is 44.4 Å². The number of para-hydroxylation sites is 1. The third kappa shape index (κ3) is 4.17. The first-order chi connectivity index (χ1) is 15.0. The van der Waals surface area contributed by atoms with Crippen molar-refractivity contribution in [3.63, 3.8) is 0 Å². The lowest BCUT2D eigenvalue weighted by molar-refractivity contribution is -0.134. The number of fused-ring (bicyclic) bond motifs is 2. The molecule has 31 heavy (non-hydrogen) atoms. The van der Waals surface area contributed by atoms with Crippen molar-refractivity contribution >= 4 is 11.9 Å². The molecule has 1 aromatic heterocycles. The lowest BCUT2D eigenvalue weighted by Gasteiger charge is -2.30. The molecule has 1 fully saturated rings. The number of aromatic nitrogens is 2. The molecule has 164 valence electrons. The predicted molar refractivity (Wildman–Crippen MR) is 115 cm³/mol. The van der Waals surface area contributed by atoms with Gasteiger partial charge in [0.25, 0.3) is 5.91 Å². The van der Waals surface area contributed by atoms with Crippen LogP contribution in [0, 0.1) is 0 Å². The zero-order valence-corrected chi connectivity index (χ0v) is 18.1. The fraction of sp³-hybridized carbons (Fsp3) is 0.522. The Bertz CT molecular complexity index is 988. The molecule has 4 heterocycles. The van der Waals surface area contributed by atoms with E-state index in [0.29, 0.717) is 38.0 Å². The van der Waals surface area contributed by atoms with E-state index in [0.717, 1.165) is 48.5 Å². The van der Waals surface area contributed by atoms with E-state index >= 15 is 0 Å². The predicted octanol–water partition coefficient (Wildman–Crippen LogP) is 1.99. The Balaban J connectivity index is 1.24. The summed E-state index contributed by atoms with van der Waals surface area (Å²) in [6.45, 7) is 8.17. The fourth-order valence-electron chi connectivity index (χ4n) is 4.35. The summed E-state index contributed by atoms with van der Waals surface area (Å²) >= 11 is 0. The number of amides is 1. The van der Waals surface area contributed by atoms with E-state index < -0.39 is 0 Å². The van der Waals surface area contributed by atoms with Gasteiger partial charge >= 0.3 is 0 Å². The highest BCUT2D eigenvalue weighted by molar-refractivity contribution is 5.78. The van der Waals surface area contributed by atoms with E-state index in [1.54, 1.807) is 0 Å². The second-order valence-electron chi connectivity index (χ2n) is 8.88. The third-order valence-electron chi connectivity index (χ3n) is 5.99. The Hall–Kier alpha value is -2.87. The van der Waals surface area contributed by atoms with Crippen molar-refractivity contribution in [2.24, 2.45) is 0 Å². The Morgan fingerprint density at radius 3 is 2.87 bits per heavy atom. The summed E-state index contributed by atoms with van der Waals surface area (Å²) < 4.78 is 17.3. The summed E-state index contributed by atoms with van der Waals surface area (Å²) in [5.41, 5.74) is 2.90. The first-order valence-corrected chi connectivity index (χ1v) is 10.9. The SMILES string of the molecule is CC1(C)Cc2cccc(OCC(=O)N3CCc4cnc(N5CCOCC5)nc4C3)c2O1. The molecule has 0 atom stereocenters. The van der Waals surface area contributed by atoms with Gasteiger partial charge in [-0.2, -0.15) is 0 Å². The van der Waals surface area contributed by atoms with Crippen LogP contribution >= 0.6 is 0 Å². The number of hydrogen-bond acceptors (Lipinski definition) is 7. The van der Waals surface area contributed by atoms with Gasteiger partial charge in [0.05, 0.1) is 25.5 Å². The number of nitrogens with zero attached hydrogens (tertiary/aromatic N) is 4. The van der Waals surface area contributed by atoms with Gasteiger partial charge < -0.3 is 24.0 Å². The van der Waals surface area contributed by atoms with Crippen molar-refractivity contribution < 1.29 is 19.0 Å². The number of hydrogen-bond donors (Lipinski definition) is 0. The quantitative estimate of drug-likeness (QED) is 0.743. The molecular formula is C23H28N4O4. The highest BCUT2D eigenvalue weighted by atomic mass is 16.5. The minimum atomic E-state index is -0.250. The van der Waals surface area contributed by atoms with E-state index in [4.69, 9.17) is 19.2 Å². The highest BCUT2D eigenvalue weighted by Crippen LogP contribution is 2.41.